The van der Waals surface area contributed by atoms with E-state index in [1.165, 1.54) is 5.69 Å². The van der Waals surface area contributed by atoms with E-state index in [1.807, 2.05) is 0 Å². The number of para-hydroxylation sites is 5. The minimum absolute atomic E-state index is 0.168. The van der Waals surface area contributed by atoms with Crippen LogP contribution in [0, 0.1) is 11.8 Å². The van der Waals surface area contributed by atoms with Gasteiger partial charge in [0, 0.05) is 62.8 Å². The molecule has 0 fully saturated rings. The van der Waals surface area contributed by atoms with Gasteiger partial charge >= 0.3 is 0 Å². The van der Waals surface area contributed by atoms with Gasteiger partial charge in [0.1, 0.15) is 0 Å². The monoisotopic (exact) mass is 778 g/mol. The average molecular weight is 779 g/mol. The van der Waals surface area contributed by atoms with Crippen molar-refractivity contribution in [3.05, 3.63) is 248 Å². The van der Waals surface area contributed by atoms with E-state index in [9.17, 15) is 0 Å². The number of hydrogen-bond acceptors (Lipinski definition) is 4. The highest BCUT2D eigenvalue weighted by Crippen LogP contribution is 2.41. The summed E-state index contributed by atoms with van der Waals surface area (Å²) in [5.41, 5.74) is 11.2. The van der Waals surface area contributed by atoms with Crippen molar-refractivity contribution in [3.8, 4) is 0 Å². The molecule has 4 atom stereocenters. The highest BCUT2D eigenvalue weighted by Gasteiger charge is 2.32. The van der Waals surface area contributed by atoms with E-state index in [1.54, 1.807) is 0 Å². The SMILES string of the molecule is CC1C=CC=CC1N(c1ccccc1)C1C=CC(N(c2ccc(N(c3ccccc3)c3ccccc3)cc2)c2ccc(N(c3ccccc3)c3ccccc3)cc2)=CC1C. The van der Waals surface area contributed by atoms with Crippen molar-refractivity contribution in [1.29, 1.82) is 0 Å². The quantitative estimate of drug-likeness (QED) is 0.122. The molecular formula is C56H50N4. The van der Waals surface area contributed by atoms with Gasteiger partial charge in [0.05, 0.1) is 12.1 Å². The predicted octanol–water partition coefficient (Wildman–Crippen LogP) is 14.9. The van der Waals surface area contributed by atoms with Crippen LogP contribution in [0.4, 0.5) is 51.2 Å². The summed E-state index contributed by atoms with van der Waals surface area (Å²) in [6.07, 6.45) is 16.2. The number of hydrogen-bond donors (Lipinski definition) is 0. The van der Waals surface area contributed by atoms with Crippen molar-refractivity contribution in [2.45, 2.75) is 25.9 Å². The van der Waals surface area contributed by atoms with Gasteiger partial charge in [-0.05, 0) is 121 Å². The molecule has 0 aliphatic heterocycles. The first kappa shape index (κ1) is 38.2. The molecule has 2 aliphatic carbocycles. The van der Waals surface area contributed by atoms with E-state index >= 15 is 0 Å². The van der Waals surface area contributed by atoms with Crippen LogP contribution in [0.2, 0.25) is 0 Å². The first-order valence-corrected chi connectivity index (χ1v) is 21.0. The smallest absolute Gasteiger partial charge is 0.0544 e. The minimum atomic E-state index is 0.168. The van der Waals surface area contributed by atoms with Gasteiger partial charge in [-0.15, -0.1) is 0 Å². The molecule has 0 bridgehead atoms. The molecule has 0 heterocycles. The van der Waals surface area contributed by atoms with Crippen LogP contribution in [0.3, 0.4) is 0 Å². The maximum atomic E-state index is 2.61. The second-order valence-electron chi connectivity index (χ2n) is 15.5. The normalized spacial score (nSPS) is 18.1. The van der Waals surface area contributed by atoms with Gasteiger partial charge in [0.2, 0.25) is 0 Å². The average Bonchev–Trinajstić information content (AvgIpc) is 3.31. The lowest BCUT2D eigenvalue weighted by molar-refractivity contribution is 0.476. The van der Waals surface area contributed by atoms with Crippen LogP contribution in [0.1, 0.15) is 13.8 Å². The lowest BCUT2D eigenvalue weighted by Crippen LogP contribution is -2.48. The molecule has 60 heavy (non-hydrogen) atoms. The van der Waals surface area contributed by atoms with E-state index in [2.05, 4.69) is 276 Å². The molecule has 4 heteroatoms. The van der Waals surface area contributed by atoms with Crippen molar-refractivity contribution in [2.75, 3.05) is 19.6 Å². The van der Waals surface area contributed by atoms with Crippen molar-refractivity contribution in [1.82, 2.24) is 0 Å². The van der Waals surface area contributed by atoms with Crippen LogP contribution in [-0.4, -0.2) is 12.1 Å². The molecule has 7 aromatic carbocycles. The Labute approximate surface area is 355 Å². The van der Waals surface area contributed by atoms with Crippen molar-refractivity contribution >= 4 is 51.2 Å². The Morgan fingerprint density at radius 1 is 0.300 bits per heavy atom. The van der Waals surface area contributed by atoms with E-state index in [4.69, 9.17) is 0 Å². The highest BCUT2D eigenvalue weighted by molar-refractivity contribution is 5.81. The van der Waals surface area contributed by atoms with Gasteiger partial charge in [-0.25, -0.2) is 0 Å². The maximum absolute atomic E-state index is 2.61. The third-order valence-corrected chi connectivity index (χ3v) is 11.6. The fourth-order valence-corrected chi connectivity index (χ4v) is 8.64. The summed E-state index contributed by atoms with van der Waals surface area (Å²) < 4.78 is 0. The van der Waals surface area contributed by atoms with Crippen LogP contribution in [0.25, 0.3) is 0 Å². The van der Waals surface area contributed by atoms with Gasteiger partial charge in [-0.3, -0.25) is 0 Å². The zero-order valence-electron chi connectivity index (χ0n) is 34.2. The van der Waals surface area contributed by atoms with Crippen LogP contribution >= 0.6 is 0 Å². The third kappa shape index (κ3) is 8.05. The molecule has 4 nitrogen and oxygen atoms in total. The van der Waals surface area contributed by atoms with Crippen molar-refractivity contribution in [2.24, 2.45) is 11.8 Å². The Morgan fingerprint density at radius 3 is 0.983 bits per heavy atom. The van der Waals surface area contributed by atoms with Crippen molar-refractivity contribution < 1.29 is 0 Å². The lowest BCUT2D eigenvalue weighted by Gasteiger charge is -2.44. The first-order chi connectivity index (χ1) is 29.6. The molecule has 0 saturated carbocycles. The highest BCUT2D eigenvalue weighted by atomic mass is 15.2. The second-order valence-corrected chi connectivity index (χ2v) is 15.5. The number of nitrogens with zero attached hydrogens (tertiary/aromatic N) is 4. The summed E-state index contributed by atoms with van der Waals surface area (Å²) in [7, 11) is 0. The predicted molar refractivity (Wildman–Crippen MR) is 255 cm³/mol. The number of rotatable bonds is 12. The zero-order chi connectivity index (χ0) is 40.7. The summed E-state index contributed by atoms with van der Waals surface area (Å²) in [6.45, 7) is 4.68. The zero-order valence-corrected chi connectivity index (χ0v) is 34.2. The van der Waals surface area contributed by atoms with Gasteiger partial charge < -0.3 is 19.6 Å². The van der Waals surface area contributed by atoms with Gasteiger partial charge in [0.25, 0.3) is 0 Å². The molecule has 4 unspecified atom stereocenters. The van der Waals surface area contributed by atoms with Crippen LogP contribution in [0.15, 0.2) is 248 Å². The molecule has 0 aromatic heterocycles. The van der Waals surface area contributed by atoms with Crippen LogP contribution in [-0.2, 0) is 0 Å². The Hall–Kier alpha value is -7.30. The molecule has 9 rings (SSSR count). The standard InChI is InChI=1S/C56H50N4/c1-43-20-18-19-31-55(43)60(49-29-16-7-17-30-49)56-41-40-54(42-44(56)2)59(52-36-32-50(33-37-52)57(45-21-8-3-9-22-45)46-23-10-4-11-24-46)53-38-34-51(35-39-53)58(47-25-12-5-13-26-47)48-27-14-6-15-28-48/h3-44,55-56H,1-2H3. The Kier molecular flexibility index (Phi) is 11.3. The molecule has 0 radical (unpaired) electrons. The summed E-state index contributed by atoms with van der Waals surface area (Å²) in [5.74, 6) is 0.600. The molecular weight excluding hydrogens is 729 g/mol. The summed E-state index contributed by atoms with van der Waals surface area (Å²) in [6, 6.07) is 71.6. The Morgan fingerprint density at radius 2 is 0.617 bits per heavy atom. The number of allylic oxidation sites excluding steroid dienone is 3. The van der Waals surface area contributed by atoms with Gasteiger partial charge in [-0.1, -0.05) is 141 Å². The first-order valence-electron chi connectivity index (χ1n) is 21.0. The number of benzene rings is 7. The van der Waals surface area contributed by atoms with Gasteiger partial charge in [0.15, 0.2) is 0 Å². The largest absolute Gasteiger partial charge is 0.357 e. The summed E-state index contributed by atoms with van der Waals surface area (Å²) >= 11 is 0. The molecule has 0 N–H and O–H groups in total. The Balaban J connectivity index is 1.11. The maximum Gasteiger partial charge on any atom is 0.0544 e. The van der Waals surface area contributed by atoms with Crippen LogP contribution < -0.4 is 19.6 Å². The van der Waals surface area contributed by atoms with E-state index in [-0.39, 0.29) is 18.0 Å². The molecule has 7 aromatic rings. The summed E-state index contributed by atoms with van der Waals surface area (Å²) in [5, 5.41) is 0. The topological polar surface area (TPSA) is 13.0 Å². The van der Waals surface area contributed by atoms with Crippen molar-refractivity contribution in [3.63, 3.8) is 0 Å². The molecule has 0 saturated heterocycles. The fraction of sp³-hybridized carbons (Fsp3) is 0.107. The third-order valence-electron chi connectivity index (χ3n) is 11.6. The fourth-order valence-electron chi connectivity index (χ4n) is 8.64. The summed E-state index contributed by atoms with van der Waals surface area (Å²) in [4.78, 5) is 9.63. The van der Waals surface area contributed by atoms with E-state index in [0.29, 0.717) is 5.92 Å². The van der Waals surface area contributed by atoms with Crippen LogP contribution in [0.5, 0.6) is 0 Å². The second kappa shape index (κ2) is 17.7. The van der Waals surface area contributed by atoms with E-state index < -0.39 is 0 Å². The Bertz CT molecular complexity index is 2360. The minimum Gasteiger partial charge on any atom is -0.357 e. The molecule has 2 aliphatic rings. The molecule has 0 spiro atoms. The van der Waals surface area contributed by atoms with Gasteiger partial charge in [-0.2, -0.15) is 0 Å². The van der Waals surface area contributed by atoms with E-state index in [0.717, 1.165) is 51.2 Å². The number of anilines is 9. The molecule has 0 amide bonds. The lowest BCUT2D eigenvalue weighted by atomic mass is 9.87. The molecule has 294 valence electrons.